The molecule has 3 aliphatic rings. The summed E-state index contributed by atoms with van der Waals surface area (Å²) in [5.74, 6) is 0.871. The van der Waals surface area contributed by atoms with Gasteiger partial charge in [-0.3, -0.25) is 4.79 Å². The van der Waals surface area contributed by atoms with Crippen molar-refractivity contribution in [3.63, 3.8) is 0 Å². The average molecular weight is 341 g/mol. The topological polar surface area (TPSA) is 47.9 Å². The molecule has 0 spiro atoms. The second kappa shape index (κ2) is 5.58. The first kappa shape index (κ1) is 16.6. The molecule has 2 saturated carbocycles. The quantitative estimate of drug-likeness (QED) is 0.783. The third-order valence-corrected chi connectivity index (χ3v) is 7.10. The average Bonchev–Trinajstić information content (AvgIpc) is 3.13. The summed E-state index contributed by atoms with van der Waals surface area (Å²) >= 11 is 0. The van der Waals surface area contributed by atoms with Crippen LogP contribution >= 0.6 is 0 Å². The highest BCUT2D eigenvalue weighted by molar-refractivity contribution is 5.85. The molecule has 2 fully saturated rings. The molecule has 4 unspecified atom stereocenters. The highest BCUT2D eigenvalue weighted by Crippen LogP contribution is 2.68. The third-order valence-electron chi connectivity index (χ3n) is 7.10. The Morgan fingerprint density at radius 2 is 2.04 bits per heavy atom. The van der Waals surface area contributed by atoms with E-state index in [9.17, 15) is 4.79 Å². The van der Waals surface area contributed by atoms with Crippen LogP contribution in [0.2, 0.25) is 0 Å². The van der Waals surface area contributed by atoms with Gasteiger partial charge in [-0.15, -0.1) is 0 Å². The number of rotatable bonds is 4. The lowest BCUT2D eigenvalue weighted by Crippen LogP contribution is -2.40. The van der Waals surface area contributed by atoms with Gasteiger partial charge in [-0.2, -0.15) is 0 Å². The van der Waals surface area contributed by atoms with Crippen molar-refractivity contribution in [3.05, 3.63) is 35.9 Å². The molecule has 1 aromatic carbocycles. The van der Waals surface area contributed by atoms with Crippen molar-refractivity contribution in [1.82, 2.24) is 0 Å². The van der Waals surface area contributed by atoms with Crippen molar-refractivity contribution >= 4 is 11.9 Å². The van der Waals surface area contributed by atoms with Gasteiger partial charge in [0.05, 0.1) is 6.04 Å². The summed E-state index contributed by atoms with van der Waals surface area (Å²) < 4.78 is 12.0. The van der Waals surface area contributed by atoms with E-state index in [1.807, 2.05) is 30.3 Å². The molecule has 0 amide bonds. The highest BCUT2D eigenvalue weighted by Gasteiger charge is 2.69. The number of aliphatic imine (C=N–C) groups is 1. The van der Waals surface area contributed by atoms with Gasteiger partial charge < -0.3 is 9.47 Å². The molecule has 1 aromatic rings. The molecular formula is C21H27NO3. The molecule has 4 heteroatoms. The van der Waals surface area contributed by atoms with Crippen LogP contribution in [0.4, 0.5) is 0 Å². The molecule has 2 aliphatic carbocycles. The first-order valence-corrected chi connectivity index (χ1v) is 9.28. The van der Waals surface area contributed by atoms with Gasteiger partial charge in [0, 0.05) is 18.8 Å². The molecule has 4 nitrogen and oxygen atoms in total. The Labute approximate surface area is 149 Å². The van der Waals surface area contributed by atoms with Crippen LogP contribution in [0.1, 0.15) is 46.1 Å². The van der Waals surface area contributed by atoms with Crippen LogP contribution in [0.15, 0.2) is 35.3 Å². The minimum absolute atomic E-state index is 0.116. The van der Waals surface area contributed by atoms with Gasteiger partial charge in [0.15, 0.2) is 6.10 Å². The van der Waals surface area contributed by atoms with Gasteiger partial charge in [0.2, 0.25) is 5.90 Å². The molecule has 1 aliphatic heterocycles. The van der Waals surface area contributed by atoms with Crippen molar-refractivity contribution in [2.75, 3.05) is 0 Å². The molecule has 0 aromatic heterocycles. The van der Waals surface area contributed by atoms with E-state index in [1.54, 1.807) is 0 Å². The van der Waals surface area contributed by atoms with E-state index in [1.165, 1.54) is 19.8 Å². The summed E-state index contributed by atoms with van der Waals surface area (Å²) in [6.45, 7) is 8.50. The molecule has 25 heavy (non-hydrogen) atoms. The van der Waals surface area contributed by atoms with Crippen molar-refractivity contribution in [1.29, 1.82) is 0 Å². The number of hydrogen-bond acceptors (Lipinski definition) is 4. The fourth-order valence-corrected chi connectivity index (χ4v) is 5.29. The summed E-state index contributed by atoms with van der Waals surface area (Å²) in [6, 6.07) is 10.3. The Hall–Kier alpha value is -1.84. The van der Waals surface area contributed by atoms with Gasteiger partial charge in [-0.05, 0) is 29.7 Å². The zero-order valence-electron chi connectivity index (χ0n) is 15.5. The number of carbonyl (C=O) groups is 1. The number of hydrogen-bond donors (Lipinski definition) is 0. The minimum Gasteiger partial charge on any atom is -0.472 e. The minimum atomic E-state index is -0.434. The summed E-state index contributed by atoms with van der Waals surface area (Å²) in [4.78, 5) is 16.6. The predicted octanol–water partition coefficient (Wildman–Crippen LogP) is 3.78. The van der Waals surface area contributed by atoms with Crippen LogP contribution in [0.25, 0.3) is 0 Å². The maximum absolute atomic E-state index is 11.6. The first-order valence-electron chi connectivity index (χ1n) is 9.28. The second-order valence-electron chi connectivity index (χ2n) is 8.57. The highest BCUT2D eigenvalue weighted by atomic mass is 16.6. The van der Waals surface area contributed by atoms with Crippen molar-refractivity contribution in [3.8, 4) is 0 Å². The Morgan fingerprint density at radius 3 is 2.68 bits per heavy atom. The second-order valence-corrected chi connectivity index (χ2v) is 8.57. The molecule has 2 bridgehead atoms. The zero-order valence-corrected chi connectivity index (χ0v) is 15.5. The fourth-order valence-electron chi connectivity index (χ4n) is 5.29. The van der Waals surface area contributed by atoms with Gasteiger partial charge in [0.1, 0.15) is 6.10 Å². The van der Waals surface area contributed by atoms with Crippen molar-refractivity contribution < 1.29 is 14.3 Å². The number of fused-ring (bicyclic) bond motifs is 5. The van der Waals surface area contributed by atoms with Crippen LogP contribution in [-0.2, 0) is 20.7 Å². The predicted molar refractivity (Wildman–Crippen MR) is 96.4 cm³/mol. The third kappa shape index (κ3) is 2.41. The molecule has 134 valence electrons. The molecule has 0 N–H and O–H groups in total. The fraction of sp³-hybridized carbons (Fsp3) is 0.619. The zero-order chi connectivity index (χ0) is 17.8. The number of benzene rings is 1. The lowest BCUT2D eigenvalue weighted by atomic mass is 9.70. The van der Waals surface area contributed by atoms with E-state index in [-0.39, 0.29) is 28.9 Å². The van der Waals surface area contributed by atoms with E-state index < -0.39 is 6.10 Å². The molecule has 5 atom stereocenters. The van der Waals surface area contributed by atoms with E-state index in [0.717, 1.165) is 5.56 Å². The Kier molecular flexibility index (Phi) is 3.71. The molecular weight excluding hydrogens is 314 g/mol. The van der Waals surface area contributed by atoms with Gasteiger partial charge >= 0.3 is 5.97 Å². The molecule has 0 saturated heterocycles. The Morgan fingerprint density at radius 1 is 1.32 bits per heavy atom. The standard InChI is InChI=1S/C21H27NO3/c1-13(23)24-16(12-14-8-6-5-7-9-14)19-22-17-15-10-11-21(4,18(17)25-19)20(15,2)3/h5-9,15-18H,10-12H2,1-4H3/t15?,16?,17?,18-,21?/m1/s1. The summed E-state index contributed by atoms with van der Waals surface area (Å²) in [6.07, 6.45) is 2.68. The van der Waals surface area contributed by atoms with E-state index in [4.69, 9.17) is 14.5 Å². The summed E-state index contributed by atoms with van der Waals surface area (Å²) in [7, 11) is 0. The number of nitrogens with zero attached hydrogens (tertiary/aromatic N) is 1. The Bertz CT molecular complexity index is 711. The van der Waals surface area contributed by atoms with Crippen LogP contribution in [0.5, 0.6) is 0 Å². The van der Waals surface area contributed by atoms with E-state index in [0.29, 0.717) is 18.2 Å². The van der Waals surface area contributed by atoms with Gasteiger partial charge in [-0.1, -0.05) is 51.1 Å². The van der Waals surface area contributed by atoms with Crippen LogP contribution in [0.3, 0.4) is 0 Å². The van der Waals surface area contributed by atoms with Gasteiger partial charge in [-0.25, -0.2) is 4.99 Å². The lowest BCUT2D eigenvalue weighted by Gasteiger charge is -2.38. The van der Waals surface area contributed by atoms with Crippen LogP contribution in [-0.4, -0.2) is 30.1 Å². The number of esters is 1. The van der Waals surface area contributed by atoms with Crippen molar-refractivity contribution in [2.45, 2.75) is 65.2 Å². The molecule has 0 radical (unpaired) electrons. The molecule has 4 rings (SSSR count). The van der Waals surface area contributed by atoms with E-state index >= 15 is 0 Å². The largest absolute Gasteiger partial charge is 0.472 e. The lowest BCUT2D eigenvalue weighted by molar-refractivity contribution is -0.144. The number of ether oxygens (including phenoxy) is 2. The van der Waals surface area contributed by atoms with Crippen LogP contribution in [0, 0.1) is 16.7 Å². The van der Waals surface area contributed by atoms with Crippen LogP contribution < -0.4 is 0 Å². The maximum atomic E-state index is 11.6. The monoisotopic (exact) mass is 341 g/mol. The first-order chi connectivity index (χ1) is 11.8. The van der Waals surface area contributed by atoms with E-state index in [2.05, 4.69) is 20.8 Å². The Balaban J connectivity index is 1.60. The summed E-state index contributed by atoms with van der Waals surface area (Å²) in [5.41, 5.74) is 1.50. The van der Waals surface area contributed by atoms with Crippen molar-refractivity contribution in [2.24, 2.45) is 21.7 Å². The molecule has 1 heterocycles. The SMILES string of the molecule is CC(=O)OC(Cc1ccccc1)C1=NC2C3CCC(C)([C@@H]2O1)C3(C)C. The maximum Gasteiger partial charge on any atom is 0.303 e. The number of carbonyl (C=O) groups excluding carboxylic acids is 1. The van der Waals surface area contributed by atoms with Gasteiger partial charge in [0.25, 0.3) is 0 Å². The smallest absolute Gasteiger partial charge is 0.303 e. The normalized spacial score (nSPS) is 35.7. The summed E-state index contributed by atoms with van der Waals surface area (Å²) in [5, 5.41) is 0.